The quantitative estimate of drug-likeness (QED) is 0.818. The lowest BCUT2D eigenvalue weighted by Crippen LogP contribution is -2.35. The molecule has 108 valence electrons. The highest BCUT2D eigenvalue weighted by atomic mass is 35.5. The second-order valence-electron chi connectivity index (χ2n) is 4.64. The number of nitrogens with zero attached hydrogens (tertiary/aromatic N) is 3. The molecule has 6 nitrogen and oxygen atoms in total. The lowest BCUT2D eigenvalue weighted by Gasteiger charge is -2.21. The summed E-state index contributed by atoms with van der Waals surface area (Å²) >= 11 is 5.80. The summed E-state index contributed by atoms with van der Waals surface area (Å²) < 4.78 is 33.1. The van der Waals surface area contributed by atoms with E-state index in [1.165, 1.54) is 15.1 Å². The molecule has 1 fully saturated rings. The number of ether oxygens (including phenoxy) is 1. The molecule has 0 aliphatic carbocycles. The summed E-state index contributed by atoms with van der Waals surface area (Å²) in [5.41, 5.74) is 0. The van der Waals surface area contributed by atoms with Crippen molar-refractivity contribution in [3.8, 4) is 0 Å². The molecule has 8 heteroatoms. The SMILES string of the molecule is CCN(C[C@H]1CCOC1)S(=O)(=O)c1cn(C)c(Cl)n1. The Morgan fingerprint density at radius 2 is 2.37 bits per heavy atom. The number of hydrogen-bond donors (Lipinski definition) is 0. The van der Waals surface area contributed by atoms with Gasteiger partial charge in [-0.2, -0.15) is 4.31 Å². The third-order valence-corrected chi connectivity index (χ3v) is 5.40. The van der Waals surface area contributed by atoms with Crippen molar-refractivity contribution >= 4 is 21.6 Å². The van der Waals surface area contributed by atoms with Crippen molar-refractivity contribution in [2.45, 2.75) is 18.4 Å². The fourth-order valence-electron chi connectivity index (χ4n) is 2.09. The van der Waals surface area contributed by atoms with Crippen LogP contribution in [0.5, 0.6) is 0 Å². The van der Waals surface area contributed by atoms with Gasteiger partial charge in [0.2, 0.25) is 5.28 Å². The zero-order valence-electron chi connectivity index (χ0n) is 11.0. The van der Waals surface area contributed by atoms with Crippen LogP contribution in [0.2, 0.25) is 5.28 Å². The van der Waals surface area contributed by atoms with Crippen LogP contribution in [0, 0.1) is 5.92 Å². The normalized spacial score (nSPS) is 20.3. The number of rotatable bonds is 5. The lowest BCUT2D eigenvalue weighted by molar-refractivity contribution is 0.180. The van der Waals surface area contributed by atoms with Crippen LogP contribution in [0.25, 0.3) is 0 Å². The molecule has 1 aliphatic rings. The van der Waals surface area contributed by atoms with Gasteiger partial charge in [-0.25, -0.2) is 13.4 Å². The van der Waals surface area contributed by atoms with Gasteiger partial charge < -0.3 is 9.30 Å². The molecule has 1 aromatic rings. The summed E-state index contributed by atoms with van der Waals surface area (Å²) in [6, 6.07) is 0. The molecular formula is C11H18ClN3O3S. The van der Waals surface area contributed by atoms with E-state index in [-0.39, 0.29) is 16.2 Å². The zero-order chi connectivity index (χ0) is 14.0. The second-order valence-corrected chi connectivity index (χ2v) is 6.87. The summed E-state index contributed by atoms with van der Waals surface area (Å²) in [6.45, 7) is 4.02. The average Bonchev–Trinajstić information content (AvgIpc) is 2.97. The number of aromatic nitrogens is 2. The van der Waals surface area contributed by atoms with Crippen molar-refractivity contribution in [1.82, 2.24) is 13.9 Å². The number of aryl methyl sites for hydroxylation is 1. The van der Waals surface area contributed by atoms with Gasteiger partial charge in [0.1, 0.15) is 0 Å². The molecule has 2 heterocycles. The molecule has 0 aromatic carbocycles. The Morgan fingerprint density at radius 1 is 1.63 bits per heavy atom. The minimum Gasteiger partial charge on any atom is -0.381 e. The van der Waals surface area contributed by atoms with Gasteiger partial charge in [-0.05, 0) is 23.9 Å². The molecule has 19 heavy (non-hydrogen) atoms. The molecular weight excluding hydrogens is 290 g/mol. The standard InChI is InChI=1S/C11H18ClN3O3S/c1-3-15(6-9-4-5-18-8-9)19(16,17)10-7-14(2)11(12)13-10/h7,9H,3-6,8H2,1-2H3/t9-/m1/s1. The van der Waals surface area contributed by atoms with E-state index < -0.39 is 10.0 Å². The summed E-state index contributed by atoms with van der Waals surface area (Å²) in [5, 5.41) is 0.166. The molecule has 1 atom stereocenters. The third-order valence-electron chi connectivity index (χ3n) is 3.24. The van der Waals surface area contributed by atoms with E-state index in [1.54, 1.807) is 7.05 Å². The van der Waals surface area contributed by atoms with Gasteiger partial charge in [0.15, 0.2) is 5.03 Å². The minimum atomic E-state index is -3.58. The number of imidazole rings is 1. The third kappa shape index (κ3) is 3.10. The number of halogens is 1. The first-order chi connectivity index (χ1) is 8.95. The van der Waals surface area contributed by atoms with Gasteiger partial charge in [-0.3, -0.25) is 0 Å². The molecule has 0 radical (unpaired) electrons. The first kappa shape index (κ1) is 14.8. The Bertz CT molecular complexity index is 518. The smallest absolute Gasteiger partial charge is 0.262 e. The first-order valence-electron chi connectivity index (χ1n) is 6.22. The molecule has 0 amide bonds. The summed E-state index contributed by atoms with van der Waals surface area (Å²) in [6.07, 6.45) is 2.33. The zero-order valence-corrected chi connectivity index (χ0v) is 12.6. The van der Waals surface area contributed by atoms with Crippen LogP contribution in [0.1, 0.15) is 13.3 Å². The Morgan fingerprint density at radius 3 is 2.84 bits per heavy atom. The van der Waals surface area contributed by atoms with E-state index in [9.17, 15) is 8.42 Å². The van der Waals surface area contributed by atoms with Gasteiger partial charge in [0.05, 0.1) is 6.61 Å². The van der Waals surface area contributed by atoms with Crippen LogP contribution in [0.4, 0.5) is 0 Å². The predicted octanol–water partition coefficient (Wildman–Crippen LogP) is 1.12. The van der Waals surface area contributed by atoms with Crippen molar-refractivity contribution in [2.24, 2.45) is 13.0 Å². The van der Waals surface area contributed by atoms with Gasteiger partial charge >= 0.3 is 0 Å². The average molecular weight is 308 g/mol. The van der Waals surface area contributed by atoms with Gasteiger partial charge in [-0.15, -0.1) is 0 Å². The fraction of sp³-hybridized carbons (Fsp3) is 0.727. The van der Waals surface area contributed by atoms with E-state index in [2.05, 4.69) is 4.98 Å². The van der Waals surface area contributed by atoms with Gasteiger partial charge in [0, 0.05) is 32.9 Å². The molecule has 0 spiro atoms. The molecule has 0 unspecified atom stereocenters. The Hall–Kier alpha value is -0.630. The van der Waals surface area contributed by atoms with Crippen molar-refractivity contribution in [3.63, 3.8) is 0 Å². The molecule has 2 rings (SSSR count). The van der Waals surface area contributed by atoms with Crippen LogP contribution >= 0.6 is 11.6 Å². The molecule has 1 aromatic heterocycles. The summed E-state index contributed by atoms with van der Waals surface area (Å²) in [5.74, 6) is 0.258. The summed E-state index contributed by atoms with van der Waals surface area (Å²) in [7, 11) is -1.92. The first-order valence-corrected chi connectivity index (χ1v) is 8.03. The van der Waals surface area contributed by atoms with Crippen LogP contribution in [0.3, 0.4) is 0 Å². The van der Waals surface area contributed by atoms with Crippen LogP contribution < -0.4 is 0 Å². The fourth-order valence-corrected chi connectivity index (χ4v) is 3.78. The maximum atomic E-state index is 12.5. The van der Waals surface area contributed by atoms with Crippen LogP contribution in [-0.2, 0) is 21.8 Å². The van der Waals surface area contributed by atoms with Gasteiger partial charge in [0.25, 0.3) is 10.0 Å². The topological polar surface area (TPSA) is 64.4 Å². The molecule has 1 aliphatic heterocycles. The molecule has 0 saturated carbocycles. The Balaban J connectivity index is 2.20. The maximum absolute atomic E-state index is 12.5. The van der Waals surface area contributed by atoms with Crippen LogP contribution in [0.15, 0.2) is 11.2 Å². The number of hydrogen-bond acceptors (Lipinski definition) is 4. The van der Waals surface area contributed by atoms with E-state index >= 15 is 0 Å². The monoisotopic (exact) mass is 307 g/mol. The Labute approximate surface area is 118 Å². The van der Waals surface area contributed by atoms with E-state index in [0.717, 1.165) is 6.42 Å². The van der Waals surface area contributed by atoms with E-state index in [0.29, 0.717) is 26.3 Å². The van der Waals surface area contributed by atoms with Crippen molar-refractivity contribution in [1.29, 1.82) is 0 Å². The highest BCUT2D eigenvalue weighted by Gasteiger charge is 2.29. The van der Waals surface area contributed by atoms with Crippen molar-refractivity contribution < 1.29 is 13.2 Å². The van der Waals surface area contributed by atoms with Crippen molar-refractivity contribution in [3.05, 3.63) is 11.5 Å². The lowest BCUT2D eigenvalue weighted by atomic mass is 10.1. The van der Waals surface area contributed by atoms with Crippen molar-refractivity contribution in [2.75, 3.05) is 26.3 Å². The highest BCUT2D eigenvalue weighted by molar-refractivity contribution is 7.89. The summed E-state index contributed by atoms with van der Waals surface area (Å²) in [4.78, 5) is 3.89. The molecule has 0 bridgehead atoms. The van der Waals surface area contributed by atoms with Gasteiger partial charge in [-0.1, -0.05) is 6.92 Å². The number of sulfonamides is 1. The maximum Gasteiger partial charge on any atom is 0.262 e. The van der Waals surface area contributed by atoms with Crippen LogP contribution in [-0.4, -0.2) is 48.6 Å². The molecule has 1 saturated heterocycles. The highest BCUT2D eigenvalue weighted by Crippen LogP contribution is 2.21. The largest absolute Gasteiger partial charge is 0.381 e. The minimum absolute atomic E-state index is 0.000709. The predicted molar refractivity (Wildman–Crippen MR) is 71.6 cm³/mol. The van der Waals surface area contributed by atoms with E-state index in [1.807, 2.05) is 6.92 Å². The Kier molecular flexibility index (Phi) is 4.50. The molecule has 0 N–H and O–H groups in total. The second kappa shape index (κ2) is 5.78. The van der Waals surface area contributed by atoms with E-state index in [4.69, 9.17) is 16.3 Å².